The molecule has 5 heterocycles. The van der Waals surface area contributed by atoms with Crippen molar-refractivity contribution in [1.82, 2.24) is 24.6 Å². The van der Waals surface area contributed by atoms with E-state index in [1.165, 1.54) is 11.3 Å². The van der Waals surface area contributed by atoms with Gasteiger partial charge in [0.25, 0.3) is 11.1 Å². The van der Waals surface area contributed by atoms with Crippen LogP contribution in [0, 0.1) is 0 Å². The SMILES string of the molecule is CC(=O)c1ccc(-c2cc3c4nc(c(=O)[nH]c4c2)-c2cccc4c(=O)n([nH]c24)CCN2C[C@H](C[C@H]2C)O3)s1. The van der Waals surface area contributed by atoms with Gasteiger partial charge < -0.3 is 9.72 Å². The number of benzene rings is 2. The Morgan fingerprint density at radius 3 is 2.84 bits per heavy atom. The van der Waals surface area contributed by atoms with Crippen molar-refractivity contribution in [2.24, 2.45) is 0 Å². The van der Waals surface area contributed by atoms with Crippen LogP contribution in [-0.4, -0.2) is 55.7 Å². The molecule has 1 fully saturated rings. The molecular weight excluding hydrogens is 502 g/mol. The number of ketones is 1. The van der Waals surface area contributed by atoms with Crippen LogP contribution >= 0.6 is 11.3 Å². The number of hydrogen-bond acceptors (Lipinski definition) is 7. The lowest BCUT2D eigenvalue weighted by Crippen LogP contribution is -2.33. The van der Waals surface area contributed by atoms with Crippen molar-refractivity contribution in [2.75, 3.05) is 13.1 Å². The molecule has 5 aromatic rings. The highest BCUT2D eigenvalue weighted by Crippen LogP contribution is 2.37. The highest BCUT2D eigenvalue weighted by Gasteiger charge is 2.31. The van der Waals surface area contributed by atoms with E-state index >= 15 is 0 Å². The fourth-order valence-corrected chi connectivity index (χ4v) is 6.54. The number of hydrogen-bond donors (Lipinski definition) is 2. The van der Waals surface area contributed by atoms with E-state index < -0.39 is 0 Å². The molecule has 6 bridgehead atoms. The number of nitrogens with zero attached hydrogens (tertiary/aromatic N) is 3. The molecule has 0 radical (unpaired) electrons. The third kappa shape index (κ3) is 3.63. The van der Waals surface area contributed by atoms with Gasteiger partial charge in [0.1, 0.15) is 23.1 Å². The van der Waals surface area contributed by atoms with Crippen molar-refractivity contribution in [3.8, 4) is 27.4 Å². The van der Waals surface area contributed by atoms with Crippen molar-refractivity contribution in [3.63, 3.8) is 0 Å². The highest BCUT2D eigenvalue weighted by atomic mass is 32.1. The number of thiophene rings is 1. The second kappa shape index (κ2) is 8.50. The van der Waals surface area contributed by atoms with Gasteiger partial charge in [-0.3, -0.25) is 29.1 Å². The molecule has 0 saturated carbocycles. The van der Waals surface area contributed by atoms with Crippen LogP contribution in [0.2, 0.25) is 0 Å². The van der Waals surface area contributed by atoms with Crippen LogP contribution in [0.1, 0.15) is 29.9 Å². The molecule has 0 spiro atoms. The zero-order valence-corrected chi connectivity index (χ0v) is 21.7. The van der Waals surface area contributed by atoms with E-state index in [-0.39, 0.29) is 34.7 Å². The van der Waals surface area contributed by atoms with Crippen molar-refractivity contribution < 1.29 is 9.53 Å². The van der Waals surface area contributed by atoms with E-state index in [2.05, 4.69) is 21.9 Å². The van der Waals surface area contributed by atoms with Crippen LogP contribution in [0.3, 0.4) is 0 Å². The number of rotatable bonds is 2. The number of carbonyl (C=O) groups excluding carboxylic acids is 1. The summed E-state index contributed by atoms with van der Waals surface area (Å²) in [6, 6.07) is 13.2. The van der Waals surface area contributed by atoms with Crippen molar-refractivity contribution in [1.29, 1.82) is 0 Å². The van der Waals surface area contributed by atoms with Crippen molar-refractivity contribution in [3.05, 3.63) is 68.0 Å². The smallest absolute Gasteiger partial charge is 0.275 e. The summed E-state index contributed by atoms with van der Waals surface area (Å²) in [5.74, 6) is 0.600. The van der Waals surface area contributed by atoms with E-state index in [0.717, 1.165) is 23.4 Å². The number of H-pyrrole nitrogens is 2. The summed E-state index contributed by atoms with van der Waals surface area (Å²) in [6.45, 7) is 5.65. The number of aromatic amines is 2. The standard InChI is InChI=1S/C28H25N5O4S/c1-14-10-17-13-32(14)8-9-33-28(36)19-5-3-4-18(24(19)31-33)25-27(35)29-20-11-16(12-21(37-17)26(20)30-25)23-7-6-22(38-23)15(2)34/h3-7,11-12,14,17,31H,8-10,13H2,1-2H3,(H,29,35)/t14-,17+/m1/s1. The number of aromatic nitrogens is 4. The Kier molecular flexibility index (Phi) is 5.17. The molecule has 10 heteroatoms. The van der Waals surface area contributed by atoms with Crippen LogP contribution in [-0.2, 0) is 6.54 Å². The first kappa shape index (κ1) is 23.1. The van der Waals surface area contributed by atoms with Crippen LogP contribution < -0.4 is 15.9 Å². The lowest BCUT2D eigenvalue weighted by molar-refractivity contribution is 0.102. The van der Waals surface area contributed by atoms with Gasteiger partial charge in [0.05, 0.1) is 27.8 Å². The average Bonchev–Trinajstić information content (AvgIpc) is 3.60. The maximum absolute atomic E-state index is 13.4. The monoisotopic (exact) mass is 527 g/mol. The number of ether oxygens (including phenoxy) is 1. The minimum absolute atomic E-state index is 0.0146. The van der Waals surface area contributed by atoms with Gasteiger partial charge in [-0.2, -0.15) is 0 Å². The molecule has 1 unspecified atom stereocenters. The van der Waals surface area contributed by atoms with E-state index in [4.69, 9.17) is 9.72 Å². The van der Waals surface area contributed by atoms with Gasteiger partial charge in [-0.25, -0.2) is 4.98 Å². The van der Waals surface area contributed by atoms with Gasteiger partial charge in [-0.1, -0.05) is 12.1 Å². The molecule has 2 N–H and O–H groups in total. The van der Waals surface area contributed by atoms with E-state index in [9.17, 15) is 14.4 Å². The third-order valence-corrected chi connectivity index (χ3v) is 8.85. The Bertz CT molecular complexity index is 1880. The summed E-state index contributed by atoms with van der Waals surface area (Å²) in [5, 5.41) is 3.77. The van der Waals surface area contributed by atoms with Gasteiger partial charge in [-0.15, -0.1) is 11.3 Å². The summed E-state index contributed by atoms with van der Waals surface area (Å²) in [5.41, 5.74) is 2.87. The van der Waals surface area contributed by atoms with E-state index in [1.54, 1.807) is 29.8 Å². The predicted octanol–water partition coefficient (Wildman–Crippen LogP) is 4.02. The van der Waals surface area contributed by atoms with Crippen LogP contribution in [0.15, 0.2) is 52.1 Å². The molecule has 7 rings (SSSR count). The van der Waals surface area contributed by atoms with E-state index in [1.807, 2.05) is 24.3 Å². The van der Waals surface area contributed by atoms with Crippen LogP contribution in [0.25, 0.3) is 43.6 Å². The van der Waals surface area contributed by atoms with Gasteiger partial charge in [0.15, 0.2) is 5.78 Å². The van der Waals surface area contributed by atoms with E-state index in [0.29, 0.717) is 51.2 Å². The largest absolute Gasteiger partial charge is 0.487 e. The highest BCUT2D eigenvalue weighted by molar-refractivity contribution is 7.17. The van der Waals surface area contributed by atoms with Crippen molar-refractivity contribution >= 4 is 39.1 Å². The Labute approximate surface area is 220 Å². The van der Waals surface area contributed by atoms with Crippen LogP contribution in [0.5, 0.6) is 5.75 Å². The lowest BCUT2D eigenvalue weighted by atomic mass is 10.1. The zero-order valence-electron chi connectivity index (χ0n) is 20.9. The van der Waals surface area contributed by atoms with Gasteiger partial charge in [0.2, 0.25) is 0 Å². The van der Waals surface area contributed by atoms with Gasteiger partial charge >= 0.3 is 0 Å². The fourth-order valence-electron chi connectivity index (χ4n) is 5.65. The Morgan fingerprint density at radius 2 is 2.03 bits per heavy atom. The Morgan fingerprint density at radius 1 is 1.16 bits per heavy atom. The van der Waals surface area contributed by atoms with Gasteiger partial charge in [0, 0.05) is 36.0 Å². The molecule has 2 aliphatic heterocycles. The zero-order chi connectivity index (χ0) is 26.1. The first-order chi connectivity index (χ1) is 18.4. The second-order valence-corrected chi connectivity index (χ2v) is 11.2. The molecule has 0 aliphatic carbocycles. The molecule has 3 aromatic heterocycles. The number of Topliss-reactive ketones (excluding diaryl/α,β-unsaturated/α-hetero) is 1. The number of nitrogens with one attached hydrogen (secondary N) is 2. The second-order valence-electron chi connectivity index (χ2n) is 10.1. The summed E-state index contributed by atoms with van der Waals surface area (Å²) < 4.78 is 8.22. The Balaban J connectivity index is 1.49. The average molecular weight is 528 g/mol. The topological polar surface area (TPSA) is 113 Å². The summed E-state index contributed by atoms with van der Waals surface area (Å²) in [4.78, 5) is 50.2. The summed E-state index contributed by atoms with van der Waals surface area (Å²) in [7, 11) is 0. The minimum Gasteiger partial charge on any atom is -0.487 e. The molecule has 2 aromatic carbocycles. The number of fused-ring (bicyclic) bond motifs is 5. The van der Waals surface area contributed by atoms with Crippen LogP contribution in [0.4, 0.5) is 0 Å². The first-order valence-electron chi connectivity index (χ1n) is 12.7. The molecule has 1 saturated heterocycles. The molecule has 192 valence electrons. The molecule has 0 amide bonds. The quantitative estimate of drug-likeness (QED) is 0.335. The van der Waals surface area contributed by atoms with Gasteiger partial charge in [-0.05, 0) is 49.7 Å². The molecular formula is C28H25N5O4S. The lowest BCUT2D eigenvalue weighted by Gasteiger charge is -2.21. The maximum atomic E-state index is 13.4. The number of para-hydroxylation sites is 1. The summed E-state index contributed by atoms with van der Waals surface area (Å²) in [6.07, 6.45) is 0.762. The predicted molar refractivity (Wildman–Crippen MR) is 147 cm³/mol. The fraction of sp³-hybridized carbons (Fsp3) is 0.286. The normalized spacial score (nSPS) is 20.7. The maximum Gasteiger partial charge on any atom is 0.275 e. The molecule has 9 nitrogen and oxygen atoms in total. The molecule has 38 heavy (non-hydrogen) atoms. The number of carbonyl (C=O) groups is 1. The summed E-state index contributed by atoms with van der Waals surface area (Å²) >= 11 is 1.41. The molecule has 2 aliphatic rings. The van der Waals surface area contributed by atoms with Crippen molar-refractivity contribution in [2.45, 2.75) is 39.0 Å². The molecule has 3 atom stereocenters. The Hall–Kier alpha value is -4.02. The minimum atomic E-state index is -0.356. The first-order valence-corrected chi connectivity index (χ1v) is 13.5. The third-order valence-electron chi connectivity index (χ3n) is 7.61.